The summed E-state index contributed by atoms with van der Waals surface area (Å²) in [7, 11) is 1.30. The molecule has 0 amide bonds. The molecular weight excluding hydrogens is 406 g/mol. The maximum Gasteiger partial charge on any atom is 0.335 e. The molecule has 0 saturated heterocycles. The number of carboxylic acid groups (broad SMARTS) is 1. The number of furan rings is 1. The Balaban J connectivity index is 2.01. The number of pyridine rings is 1. The van der Waals surface area contributed by atoms with E-state index in [0.29, 0.717) is 17.1 Å². The molecule has 0 aliphatic carbocycles. The van der Waals surface area contributed by atoms with Gasteiger partial charge in [-0.15, -0.1) is 0 Å². The van der Waals surface area contributed by atoms with Crippen LogP contribution < -0.4 is 5.56 Å². The normalized spacial score (nSPS) is 10.8. The molecule has 1 aromatic carbocycles. The highest BCUT2D eigenvalue weighted by Crippen LogP contribution is 2.27. The zero-order chi connectivity index (χ0) is 22.5. The van der Waals surface area contributed by atoms with E-state index in [-0.39, 0.29) is 29.0 Å². The van der Waals surface area contributed by atoms with Crippen molar-refractivity contribution in [2.75, 3.05) is 7.11 Å². The van der Waals surface area contributed by atoms with Crippen molar-refractivity contribution < 1.29 is 24.0 Å². The van der Waals surface area contributed by atoms with E-state index >= 15 is 0 Å². The number of nitrogens with zero attached hydrogens (tertiary/aromatic N) is 2. The fraction of sp³-hybridized carbons (Fsp3) is 0.0952. The number of aromatic carboxylic acids is 1. The highest BCUT2D eigenvalue weighted by atomic mass is 16.6. The molecule has 2 aromatic heterocycles. The first-order valence-corrected chi connectivity index (χ1v) is 8.80. The van der Waals surface area contributed by atoms with Gasteiger partial charge in [0.2, 0.25) is 0 Å². The van der Waals surface area contributed by atoms with E-state index in [0.717, 1.165) is 0 Å². The second-order valence-corrected chi connectivity index (χ2v) is 6.29. The third-order valence-electron chi connectivity index (χ3n) is 4.34. The molecule has 0 radical (unpaired) electrons. The van der Waals surface area contributed by atoms with E-state index in [9.17, 15) is 25.0 Å². The van der Waals surface area contributed by atoms with Gasteiger partial charge in [-0.2, -0.15) is 5.26 Å². The molecule has 0 aliphatic rings. The Labute approximate surface area is 174 Å². The quantitative estimate of drug-likeness (QED) is 0.433. The molecule has 2 N–H and O–H groups in total. The van der Waals surface area contributed by atoms with Crippen molar-refractivity contribution in [2.24, 2.45) is 0 Å². The van der Waals surface area contributed by atoms with Gasteiger partial charge in [-0.1, -0.05) is 12.1 Å². The zero-order valence-electron chi connectivity index (χ0n) is 16.1. The molecule has 156 valence electrons. The molecule has 2 heterocycles. The third-order valence-corrected chi connectivity index (χ3v) is 4.34. The minimum Gasteiger partial charge on any atom is -0.478 e. The Morgan fingerprint density at radius 2 is 2.13 bits per heavy atom. The lowest BCUT2D eigenvalue weighted by Crippen LogP contribution is -2.18. The number of H-pyrrole nitrogens is 1. The number of carbonyl (C=O) groups is 1. The van der Waals surface area contributed by atoms with Gasteiger partial charge in [-0.25, -0.2) is 4.79 Å². The predicted octanol–water partition coefficient (Wildman–Crippen LogP) is 3.43. The van der Waals surface area contributed by atoms with Crippen LogP contribution in [-0.2, 0) is 11.3 Å². The smallest absolute Gasteiger partial charge is 0.335 e. The Morgan fingerprint density at radius 1 is 1.35 bits per heavy atom. The number of hydrogen-bond donors (Lipinski definition) is 2. The van der Waals surface area contributed by atoms with Gasteiger partial charge in [0, 0.05) is 12.7 Å². The lowest BCUT2D eigenvalue weighted by atomic mass is 10.1. The topological polar surface area (TPSA) is 159 Å². The molecule has 0 spiro atoms. The number of methoxy groups -OCH3 is 1. The fourth-order valence-corrected chi connectivity index (χ4v) is 2.96. The van der Waals surface area contributed by atoms with Crippen LogP contribution in [0, 0.1) is 21.4 Å². The van der Waals surface area contributed by atoms with E-state index in [1.165, 1.54) is 31.4 Å². The van der Waals surface area contributed by atoms with Crippen LogP contribution in [0.25, 0.3) is 23.5 Å². The second kappa shape index (κ2) is 8.89. The number of carboxylic acids is 1. The molecule has 0 atom stereocenters. The first kappa shape index (κ1) is 21.2. The van der Waals surface area contributed by atoms with Crippen molar-refractivity contribution >= 4 is 23.8 Å². The highest BCUT2D eigenvalue weighted by molar-refractivity contribution is 5.89. The highest BCUT2D eigenvalue weighted by Gasteiger charge is 2.25. The van der Waals surface area contributed by atoms with Gasteiger partial charge in [0.15, 0.2) is 0 Å². The minimum absolute atomic E-state index is 0.0995. The molecule has 10 nitrogen and oxygen atoms in total. The number of hydrogen-bond acceptors (Lipinski definition) is 7. The van der Waals surface area contributed by atoms with E-state index in [1.54, 1.807) is 30.3 Å². The molecular formula is C21H15N3O7. The average molecular weight is 421 g/mol. The van der Waals surface area contributed by atoms with E-state index in [2.05, 4.69) is 4.98 Å². The lowest BCUT2D eigenvalue weighted by Gasteiger charge is -2.06. The van der Waals surface area contributed by atoms with Gasteiger partial charge >= 0.3 is 5.97 Å². The van der Waals surface area contributed by atoms with Crippen molar-refractivity contribution in [3.05, 3.63) is 85.0 Å². The Hall–Kier alpha value is -4.49. The number of ether oxygens (including phenoxy) is 1. The Kier molecular flexibility index (Phi) is 6.09. The van der Waals surface area contributed by atoms with E-state index in [1.807, 2.05) is 0 Å². The van der Waals surface area contributed by atoms with Gasteiger partial charge in [0.05, 0.1) is 22.7 Å². The standard InChI is InChI=1S/C21H15N3O7/c1-30-11-16-15(10-22)20(25)23-17(19(16)24(28)29)7-5-14-6-8-18(31-14)12-3-2-4-13(9-12)21(26)27/h2-9H,11H2,1H3,(H,23,25)(H,26,27). The summed E-state index contributed by atoms with van der Waals surface area (Å²) in [6.07, 6.45) is 2.70. The van der Waals surface area contributed by atoms with E-state index in [4.69, 9.17) is 14.3 Å². The second-order valence-electron chi connectivity index (χ2n) is 6.29. The molecule has 3 rings (SSSR count). The summed E-state index contributed by atoms with van der Waals surface area (Å²) in [6, 6.07) is 11.0. The summed E-state index contributed by atoms with van der Waals surface area (Å²) < 4.78 is 10.6. The summed E-state index contributed by atoms with van der Waals surface area (Å²) in [4.78, 5) is 36.5. The number of aromatic amines is 1. The average Bonchev–Trinajstić information content (AvgIpc) is 3.21. The van der Waals surface area contributed by atoms with Gasteiger partial charge in [-0.05, 0) is 36.4 Å². The number of nitro groups is 1. The summed E-state index contributed by atoms with van der Waals surface area (Å²) in [6.45, 7) is -0.283. The first-order chi connectivity index (χ1) is 14.8. The number of nitrogens with one attached hydrogen (secondary N) is 1. The summed E-state index contributed by atoms with van der Waals surface area (Å²) >= 11 is 0. The van der Waals surface area contributed by atoms with Crippen molar-refractivity contribution in [2.45, 2.75) is 6.61 Å². The van der Waals surface area contributed by atoms with Crippen molar-refractivity contribution in [1.82, 2.24) is 4.98 Å². The van der Waals surface area contributed by atoms with Crippen LogP contribution in [0.2, 0.25) is 0 Å². The van der Waals surface area contributed by atoms with Gasteiger partial charge in [0.1, 0.15) is 28.8 Å². The molecule has 0 aliphatic heterocycles. The molecule has 0 bridgehead atoms. The SMILES string of the molecule is COCc1c([N+](=O)[O-])c(C=Cc2ccc(-c3cccc(C(=O)O)c3)o2)[nH]c(=O)c1C#N. The first-order valence-electron chi connectivity index (χ1n) is 8.80. The van der Waals surface area contributed by atoms with Crippen LogP contribution in [0.15, 0.2) is 45.6 Å². The Morgan fingerprint density at radius 3 is 2.77 bits per heavy atom. The van der Waals surface area contributed by atoms with Crippen LogP contribution in [0.5, 0.6) is 0 Å². The maximum atomic E-state index is 12.2. The van der Waals surface area contributed by atoms with Gasteiger partial charge in [-0.3, -0.25) is 14.9 Å². The van der Waals surface area contributed by atoms with Crippen molar-refractivity contribution in [3.8, 4) is 17.4 Å². The van der Waals surface area contributed by atoms with Crippen molar-refractivity contribution in [3.63, 3.8) is 0 Å². The molecule has 31 heavy (non-hydrogen) atoms. The molecule has 0 fully saturated rings. The number of nitriles is 1. The molecule has 10 heteroatoms. The lowest BCUT2D eigenvalue weighted by molar-refractivity contribution is -0.386. The Bertz CT molecular complexity index is 1300. The van der Waals surface area contributed by atoms with Gasteiger partial charge in [0.25, 0.3) is 11.2 Å². The fourth-order valence-electron chi connectivity index (χ4n) is 2.96. The molecule has 0 unspecified atom stereocenters. The van der Waals surface area contributed by atoms with Crippen LogP contribution in [-0.4, -0.2) is 28.1 Å². The van der Waals surface area contributed by atoms with Crippen LogP contribution in [0.3, 0.4) is 0 Å². The number of benzene rings is 1. The number of aromatic nitrogens is 1. The monoisotopic (exact) mass is 421 g/mol. The zero-order valence-corrected chi connectivity index (χ0v) is 16.1. The van der Waals surface area contributed by atoms with E-state index < -0.39 is 22.1 Å². The van der Waals surface area contributed by atoms with Crippen LogP contribution >= 0.6 is 0 Å². The van der Waals surface area contributed by atoms with Crippen molar-refractivity contribution in [1.29, 1.82) is 5.26 Å². The predicted molar refractivity (Wildman–Crippen MR) is 109 cm³/mol. The van der Waals surface area contributed by atoms with Crippen LogP contribution in [0.1, 0.15) is 32.9 Å². The largest absolute Gasteiger partial charge is 0.478 e. The minimum atomic E-state index is -1.07. The van der Waals surface area contributed by atoms with Gasteiger partial charge < -0.3 is 19.2 Å². The number of rotatable bonds is 7. The molecule has 3 aromatic rings. The third kappa shape index (κ3) is 4.42. The molecule has 0 saturated carbocycles. The maximum absolute atomic E-state index is 12.2. The van der Waals surface area contributed by atoms with Crippen LogP contribution in [0.4, 0.5) is 5.69 Å². The summed E-state index contributed by atoms with van der Waals surface area (Å²) in [5.41, 5.74) is -1.21. The summed E-state index contributed by atoms with van der Waals surface area (Å²) in [5, 5.41) is 29.9. The summed E-state index contributed by atoms with van der Waals surface area (Å²) in [5.74, 6) is -0.369.